The summed E-state index contributed by atoms with van der Waals surface area (Å²) < 4.78 is 7.71. The molecule has 42 heavy (non-hydrogen) atoms. The monoisotopic (exact) mass is 621 g/mol. The van der Waals surface area contributed by atoms with E-state index in [4.69, 9.17) is 32.9 Å². The van der Waals surface area contributed by atoms with Crippen LogP contribution in [-0.4, -0.2) is 39.6 Å². The van der Waals surface area contributed by atoms with Crippen LogP contribution in [0.4, 0.5) is 0 Å². The molecule has 9 heteroatoms. The van der Waals surface area contributed by atoms with Gasteiger partial charge in [0.15, 0.2) is 0 Å². The number of thiazole rings is 1. The normalized spacial score (nSPS) is 13.4. The van der Waals surface area contributed by atoms with Gasteiger partial charge in [-0.05, 0) is 89.4 Å². The maximum atomic E-state index is 14.5. The lowest BCUT2D eigenvalue weighted by molar-refractivity contribution is 0.0723. The molecular weight excluding hydrogens is 589 g/mol. The van der Waals surface area contributed by atoms with Gasteiger partial charge in [-0.3, -0.25) is 14.2 Å². The predicted octanol–water partition coefficient (Wildman–Crippen LogP) is 8.77. The van der Waals surface area contributed by atoms with E-state index < -0.39 is 0 Å². The number of aromatic nitrogens is 2. The van der Waals surface area contributed by atoms with Crippen LogP contribution in [0.3, 0.4) is 0 Å². The number of hydrogen-bond donors (Lipinski definition) is 0. The van der Waals surface area contributed by atoms with Gasteiger partial charge in [0.1, 0.15) is 10.8 Å². The Morgan fingerprint density at radius 1 is 1.00 bits per heavy atom. The molecule has 0 aliphatic carbocycles. The number of ether oxygens (including phenoxy) is 1. The molecule has 0 radical (unpaired) electrons. The van der Waals surface area contributed by atoms with E-state index >= 15 is 0 Å². The highest BCUT2D eigenvalue weighted by molar-refractivity contribution is 7.13. The highest BCUT2D eigenvalue weighted by atomic mass is 35.5. The summed E-state index contributed by atoms with van der Waals surface area (Å²) in [6.07, 6.45) is 4.73. The van der Waals surface area contributed by atoms with Crippen LogP contribution in [-0.2, 0) is 0 Å². The number of benzene rings is 2. The fourth-order valence-corrected chi connectivity index (χ4v) is 6.18. The Balaban J connectivity index is 1.80. The van der Waals surface area contributed by atoms with Crippen molar-refractivity contribution in [2.24, 2.45) is 0 Å². The minimum absolute atomic E-state index is 0.111. The Labute approximate surface area is 260 Å². The van der Waals surface area contributed by atoms with Gasteiger partial charge in [0, 0.05) is 34.1 Å². The van der Waals surface area contributed by atoms with Crippen molar-refractivity contribution >= 4 is 46.5 Å². The van der Waals surface area contributed by atoms with Crippen molar-refractivity contribution in [1.29, 1.82) is 0 Å². The number of halogens is 2. The molecule has 2 aromatic carbocycles. The maximum absolute atomic E-state index is 14.5. The zero-order chi connectivity index (χ0) is 30.0. The van der Waals surface area contributed by atoms with Gasteiger partial charge in [-0.1, -0.05) is 40.9 Å². The molecule has 6 nitrogen and oxygen atoms in total. The maximum Gasteiger partial charge on any atom is 0.266 e. The minimum Gasteiger partial charge on any atom is -0.489 e. The summed E-state index contributed by atoms with van der Waals surface area (Å²) in [4.78, 5) is 35.4. The molecule has 3 heterocycles. The molecule has 1 saturated heterocycles. The van der Waals surface area contributed by atoms with Crippen LogP contribution in [0.2, 0.25) is 10.0 Å². The summed E-state index contributed by atoms with van der Waals surface area (Å²) >= 11 is 13.9. The molecule has 1 fully saturated rings. The van der Waals surface area contributed by atoms with Gasteiger partial charge in [-0.25, -0.2) is 4.98 Å². The standard InChI is InChI=1S/C33H33Cl2N3O3S/c1-20(2)16-28-25(32(39)37-14-6-5-7-15-37)18-26(31-36-27(19-42-31)22-8-10-23(34)11-9-22)33(40)38(28)29-17-24(35)12-13-30(29)41-21(3)4/h8-13,16-19,21H,5-7,14-15H2,1-4H3. The molecule has 5 rings (SSSR count). The van der Waals surface area contributed by atoms with Gasteiger partial charge >= 0.3 is 0 Å². The zero-order valence-electron chi connectivity index (χ0n) is 24.1. The fourth-order valence-electron chi connectivity index (χ4n) is 5.05. The molecule has 1 aliphatic heterocycles. The summed E-state index contributed by atoms with van der Waals surface area (Å²) in [5, 5.41) is 3.51. The van der Waals surface area contributed by atoms with Crippen LogP contribution in [0.15, 0.2) is 64.3 Å². The van der Waals surface area contributed by atoms with Crippen LogP contribution >= 0.6 is 34.5 Å². The summed E-state index contributed by atoms with van der Waals surface area (Å²) in [6.45, 7) is 9.10. The summed E-state index contributed by atoms with van der Waals surface area (Å²) in [7, 11) is 0. The van der Waals surface area contributed by atoms with E-state index in [0.717, 1.165) is 36.1 Å². The molecule has 218 valence electrons. The first-order valence-electron chi connectivity index (χ1n) is 14.0. The second-order valence-electron chi connectivity index (χ2n) is 10.9. The number of likely N-dealkylation sites (tertiary alicyclic amines) is 1. The van der Waals surface area contributed by atoms with E-state index in [1.807, 2.05) is 68.3 Å². The number of amides is 1. The van der Waals surface area contributed by atoms with E-state index in [1.165, 1.54) is 11.3 Å². The van der Waals surface area contributed by atoms with E-state index in [9.17, 15) is 9.59 Å². The molecule has 0 bridgehead atoms. The average Bonchev–Trinajstić information content (AvgIpc) is 3.44. The first-order chi connectivity index (χ1) is 20.1. The molecule has 4 aromatic rings. The van der Waals surface area contributed by atoms with Gasteiger partial charge < -0.3 is 9.64 Å². The number of nitrogens with zero attached hydrogens (tertiary/aromatic N) is 3. The summed E-state index contributed by atoms with van der Waals surface area (Å²) in [6, 6.07) is 14.3. The highest BCUT2D eigenvalue weighted by Gasteiger charge is 2.27. The zero-order valence-corrected chi connectivity index (χ0v) is 26.4. The van der Waals surface area contributed by atoms with E-state index in [2.05, 4.69) is 0 Å². The van der Waals surface area contributed by atoms with Crippen molar-refractivity contribution in [3.8, 4) is 33.3 Å². The molecule has 0 saturated carbocycles. The number of hydrogen-bond acceptors (Lipinski definition) is 5. The number of carbonyl (C=O) groups is 1. The van der Waals surface area contributed by atoms with Crippen LogP contribution in [0.25, 0.3) is 33.6 Å². The van der Waals surface area contributed by atoms with Crippen LogP contribution < -0.4 is 10.3 Å². The van der Waals surface area contributed by atoms with Crippen molar-refractivity contribution < 1.29 is 9.53 Å². The molecular formula is C33H33Cl2N3O3S. The molecule has 1 aliphatic rings. The Morgan fingerprint density at radius 2 is 1.69 bits per heavy atom. The second-order valence-corrected chi connectivity index (χ2v) is 12.6. The number of piperidine rings is 1. The number of rotatable bonds is 7. The molecule has 0 unspecified atom stereocenters. The molecule has 1 amide bonds. The van der Waals surface area contributed by atoms with Gasteiger partial charge in [0.25, 0.3) is 11.5 Å². The second kappa shape index (κ2) is 12.9. The first kappa shape index (κ1) is 30.1. The first-order valence-corrected chi connectivity index (χ1v) is 15.7. The Kier molecular flexibility index (Phi) is 9.21. The molecule has 0 spiro atoms. The summed E-state index contributed by atoms with van der Waals surface area (Å²) in [5.74, 6) is 0.384. The van der Waals surface area contributed by atoms with Gasteiger partial charge in [0.2, 0.25) is 0 Å². The lowest BCUT2D eigenvalue weighted by Crippen LogP contribution is -2.37. The Hall–Kier alpha value is -3.39. The van der Waals surface area contributed by atoms with Crippen LogP contribution in [0.5, 0.6) is 5.75 Å². The lowest BCUT2D eigenvalue weighted by atomic mass is 10.0. The average molecular weight is 623 g/mol. The third kappa shape index (κ3) is 6.48. The van der Waals surface area contributed by atoms with Crippen LogP contribution in [0, 0.1) is 0 Å². The lowest BCUT2D eigenvalue weighted by Gasteiger charge is -2.28. The van der Waals surface area contributed by atoms with Crippen molar-refractivity contribution in [3.63, 3.8) is 0 Å². The van der Waals surface area contributed by atoms with E-state index in [0.29, 0.717) is 56.4 Å². The highest BCUT2D eigenvalue weighted by Crippen LogP contribution is 2.34. The fraction of sp³-hybridized carbons (Fsp3) is 0.303. The smallest absolute Gasteiger partial charge is 0.266 e. The number of pyridine rings is 1. The van der Waals surface area contributed by atoms with E-state index in [-0.39, 0.29) is 17.6 Å². The predicted molar refractivity (Wildman–Crippen MR) is 173 cm³/mol. The number of allylic oxidation sites excluding steroid dienone is 1. The van der Waals surface area contributed by atoms with Crippen molar-refractivity contribution in [3.05, 3.63) is 91.1 Å². The van der Waals surface area contributed by atoms with Crippen molar-refractivity contribution in [2.75, 3.05) is 13.1 Å². The van der Waals surface area contributed by atoms with E-state index in [1.54, 1.807) is 28.8 Å². The summed E-state index contributed by atoms with van der Waals surface area (Å²) in [5.41, 5.74) is 3.97. The van der Waals surface area contributed by atoms with Crippen LogP contribution in [0.1, 0.15) is 63.0 Å². The van der Waals surface area contributed by atoms with Crippen molar-refractivity contribution in [2.45, 2.75) is 53.1 Å². The third-order valence-electron chi connectivity index (χ3n) is 6.94. The van der Waals surface area contributed by atoms with Gasteiger partial charge in [-0.15, -0.1) is 11.3 Å². The quantitative estimate of drug-likeness (QED) is 0.207. The SMILES string of the molecule is CC(C)=Cc1c(C(=O)N2CCCCC2)cc(-c2nc(-c3ccc(Cl)cc3)cs2)c(=O)n1-c1cc(Cl)ccc1OC(C)C. The third-order valence-corrected chi connectivity index (χ3v) is 8.30. The minimum atomic E-state index is -0.314. The molecule has 0 N–H and O–H groups in total. The topological polar surface area (TPSA) is 64.4 Å². The molecule has 0 atom stereocenters. The van der Waals surface area contributed by atoms with Gasteiger partial charge in [0.05, 0.1) is 34.3 Å². The van der Waals surface area contributed by atoms with Gasteiger partial charge in [-0.2, -0.15) is 0 Å². The number of carbonyl (C=O) groups excluding carboxylic acids is 1. The Morgan fingerprint density at radius 3 is 2.36 bits per heavy atom. The molecule has 2 aromatic heterocycles. The van der Waals surface area contributed by atoms with Crippen molar-refractivity contribution in [1.82, 2.24) is 14.5 Å². The largest absolute Gasteiger partial charge is 0.489 e. The Bertz CT molecular complexity index is 1700.